The van der Waals surface area contributed by atoms with Crippen molar-refractivity contribution in [1.82, 2.24) is 10.6 Å². The van der Waals surface area contributed by atoms with Crippen LogP contribution in [0.15, 0.2) is 65.1 Å². The van der Waals surface area contributed by atoms with E-state index >= 15 is 0 Å². The Kier molecular flexibility index (Phi) is 6.18. The highest BCUT2D eigenvalue weighted by Crippen LogP contribution is 2.45. The molecule has 0 aliphatic carbocycles. The zero-order valence-electron chi connectivity index (χ0n) is 18.4. The number of furan rings is 1. The standard InChI is InChI=1S/C23H18F3N3O7/c1-35-13-8-6-12(7-9-13)20(30)18-19(27-21(31)28-22(18,32)23(24,25)26)17-11-10-16(36-17)14-4-2-3-5-15(14)29(33)34/h2-11,18-19,32H,1H3,(H2,27,28,31)/t18-,19-,22-/m1/s1. The molecule has 13 heteroatoms. The first-order valence-electron chi connectivity index (χ1n) is 10.4. The van der Waals surface area contributed by atoms with E-state index < -0.39 is 40.6 Å². The van der Waals surface area contributed by atoms with Crippen LogP contribution in [0.2, 0.25) is 0 Å². The van der Waals surface area contributed by atoms with E-state index in [0.29, 0.717) is 5.75 Å². The molecule has 1 fully saturated rings. The molecule has 4 rings (SSSR count). The van der Waals surface area contributed by atoms with E-state index in [0.717, 1.165) is 0 Å². The molecule has 3 N–H and O–H groups in total. The smallest absolute Gasteiger partial charge is 0.437 e. The molecule has 3 atom stereocenters. The number of carbonyl (C=O) groups is 2. The van der Waals surface area contributed by atoms with Crippen molar-refractivity contribution in [3.8, 4) is 17.1 Å². The van der Waals surface area contributed by atoms with Gasteiger partial charge in [-0.05, 0) is 42.5 Å². The number of rotatable bonds is 6. The van der Waals surface area contributed by atoms with Crippen molar-refractivity contribution < 1.29 is 41.9 Å². The van der Waals surface area contributed by atoms with Crippen LogP contribution in [0.5, 0.6) is 5.75 Å². The Hall–Kier alpha value is -4.39. The minimum atomic E-state index is -5.45. The zero-order valence-corrected chi connectivity index (χ0v) is 18.4. The third-order valence-corrected chi connectivity index (χ3v) is 5.76. The molecule has 36 heavy (non-hydrogen) atoms. The summed E-state index contributed by atoms with van der Waals surface area (Å²) >= 11 is 0. The maximum absolute atomic E-state index is 14.1. The molecule has 2 aromatic carbocycles. The molecular weight excluding hydrogens is 487 g/mol. The van der Waals surface area contributed by atoms with Crippen LogP contribution in [-0.2, 0) is 0 Å². The Morgan fingerprint density at radius 3 is 2.42 bits per heavy atom. The van der Waals surface area contributed by atoms with Crippen molar-refractivity contribution in [1.29, 1.82) is 0 Å². The number of aliphatic hydroxyl groups is 1. The molecule has 1 aliphatic rings. The molecule has 0 unspecified atom stereocenters. The molecule has 0 spiro atoms. The number of nitrogens with zero attached hydrogens (tertiary/aromatic N) is 1. The van der Waals surface area contributed by atoms with Crippen LogP contribution >= 0.6 is 0 Å². The number of nitro benzene ring substituents is 1. The highest BCUT2D eigenvalue weighted by Gasteiger charge is 2.66. The minimum Gasteiger partial charge on any atom is -0.497 e. The van der Waals surface area contributed by atoms with Crippen molar-refractivity contribution in [3.63, 3.8) is 0 Å². The lowest BCUT2D eigenvalue weighted by atomic mass is 9.79. The number of benzene rings is 2. The fourth-order valence-electron chi connectivity index (χ4n) is 4.02. The normalized spacial score (nSPS) is 21.9. The van der Waals surface area contributed by atoms with Gasteiger partial charge in [0, 0.05) is 11.6 Å². The summed E-state index contributed by atoms with van der Waals surface area (Å²) in [7, 11) is 1.36. The predicted molar refractivity (Wildman–Crippen MR) is 117 cm³/mol. The number of methoxy groups -OCH3 is 1. The molecule has 10 nitrogen and oxygen atoms in total. The van der Waals surface area contributed by atoms with Gasteiger partial charge in [0.2, 0.25) is 5.72 Å². The number of para-hydroxylation sites is 1. The first-order chi connectivity index (χ1) is 17.0. The van der Waals surface area contributed by atoms with Crippen LogP contribution in [0.1, 0.15) is 22.2 Å². The molecular formula is C23H18F3N3O7. The average Bonchev–Trinajstić information content (AvgIpc) is 3.33. The molecule has 1 aliphatic heterocycles. The summed E-state index contributed by atoms with van der Waals surface area (Å²) in [5, 5.41) is 25.7. The highest BCUT2D eigenvalue weighted by atomic mass is 19.4. The zero-order chi connectivity index (χ0) is 26.3. The summed E-state index contributed by atoms with van der Waals surface area (Å²) < 4.78 is 52.8. The summed E-state index contributed by atoms with van der Waals surface area (Å²) in [5.41, 5.74) is -4.46. The van der Waals surface area contributed by atoms with Gasteiger partial charge >= 0.3 is 12.2 Å². The number of alkyl halides is 3. The molecule has 2 heterocycles. The van der Waals surface area contributed by atoms with Crippen molar-refractivity contribution in [2.75, 3.05) is 7.11 Å². The van der Waals surface area contributed by atoms with Gasteiger partial charge in [0.25, 0.3) is 5.69 Å². The van der Waals surface area contributed by atoms with Crippen LogP contribution in [0.25, 0.3) is 11.3 Å². The number of amides is 2. The third kappa shape index (κ3) is 4.24. The van der Waals surface area contributed by atoms with Gasteiger partial charge in [0.05, 0.1) is 17.6 Å². The second-order valence-electron chi connectivity index (χ2n) is 7.89. The summed E-state index contributed by atoms with van der Waals surface area (Å²) in [6.45, 7) is 0. The van der Waals surface area contributed by atoms with E-state index in [1.165, 1.54) is 73.1 Å². The predicted octanol–water partition coefficient (Wildman–Crippen LogP) is 3.97. The van der Waals surface area contributed by atoms with E-state index in [9.17, 15) is 38.0 Å². The van der Waals surface area contributed by atoms with Gasteiger partial charge in [-0.3, -0.25) is 14.9 Å². The monoisotopic (exact) mass is 505 g/mol. The van der Waals surface area contributed by atoms with Crippen molar-refractivity contribution >= 4 is 17.5 Å². The average molecular weight is 505 g/mol. The summed E-state index contributed by atoms with van der Waals surface area (Å²) in [4.78, 5) is 36.2. The number of hydrogen-bond donors (Lipinski definition) is 3. The molecule has 188 valence electrons. The maximum Gasteiger partial charge on any atom is 0.437 e. The number of halogens is 3. The van der Waals surface area contributed by atoms with Crippen LogP contribution in [0.4, 0.5) is 23.7 Å². The Morgan fingerprint density at radius 2 is 1.81 bits per heavy atom. The van der Waals surface area contributed by atoms with E-state index in [2.05, 4.69) is 5.32 Å². The molecule has 3 aromatic rings. The third-order valence-electron chi connectivity index (χ3n) is 5.76. The quantitative estimate of drug-likeness (QED) is 0.261. The number of ether oxygens (including phenoxy) is 1. The van der Waals surface area contributed by atoms with Gasteiger partial charge in [-0.15, -0.1) is 0 Å². The number of Topliss-reactive ketones (excluding diaryl/α,β-unsaturated/α-hetero) is 1. The SMILES string of the molecule is COc1ccc(C(=O)[C@H]2[C@@H](c3ccc(-c4ccccc4[N+](=O)[O-])o3)NC(=O)N[C@]2(O)C(F)(F)F)cc1. The molecule has 1 aromatic heterocycles. The number of urea groups is 1. The molecule has 1 saturated heterocycles. The summed E-state index contributed by atoms with van der Waals surface area (Å²) in [6.07, 6.45) is -5.45. The van der Waals surface area contributed by atoms with E-state index in [1.807, 2.05) is 0 Å². The second kappa shape index (κ2) is 9.00. The van der Waals surface area contributed by atoms with Crippen molar-refractivity contribution in [2.24, 2.45) is 5.92 Å². The van der Waals surface area contributed by atoms with Gasteiger partial charge in [-0.1, -0.05) is 12.1 Å². The number of ketones is 1. The van der Waals surface area contributed by atoms with Gasteiger partial charge in [0.15, 0.2) is 5.78 Å². The van der Waals surface area contributed by atoms with Crippen molar-refractivity contribution in [2.45, 2.75) is 17.9 Å². The molecule has 0 radical (unpaired) electrons. The number of carbonyl (C=O) groups excluding carboxylic acids is 2. The van der Waals surface area contributed by atoms with Gasteiger partial charge in [-0.2, -0.15) is 13.2 Å². The first kappa shape index (κ1) is 24.7. The summed E-state index contributed by atoms with van der Waals surface area (Å²) in [6, 6.07) is 9.88. The number of nitro groups is 1. The summed E-state index contributed by atoms with van der Waals surface area (Å²) in [5.74, 6) is -3.56. The van der Waals surface area contributed by atoms with E-state index in [4.69, 9.17) is 9.15 Å². The fraction of sp³-hybridized carbons (Fsp3) is 0.217. The Balaban J connectivity index is 1.82. The number of nitrogens with one attached hydrogen (secondary N) is 2. The lowest BCUT2D eigenvalue weighted by Crippen LogP contribution is -2.72. The second-order valence-corrected chi connectivity index (χ2v) is 7.89. The number of hydrogen-bond acceptors (Lipinski definition) is 7. The Bertz CT molecular complexity index is 1320. The highest BCUT2D eigenvalue weighted by molar-refractivity contribution is 6.00. The largest absolute Gasteiger partial charge is 0.497 e. The van der Waals surface area contributed by atoms with Crippen LogP contribution in [0, 0.1) is 16.0 Å². The van der Waals surface area contributed by atoms with Gasteiger partial charge < -0.3 is 24.9 Å². The molecule has 0 saturated carbocycles. The van der Waals surface area contributed by atoms with E-state index in [-0.39, 0.29) is 28.3 Å². The van der Waals surface area contributed by atoms with Crippen LogP contribution < -0.4 is 15.4 Å². The molecule has 0 bridgehead atoms. The fourth-order valence-corrected chi connectivity index (χ4v) is 4.02. The van der Waals surface area contributed by atoms with Crippen LogP contribution in [0.3, 0.4) is 0 Å². The Morgan fingerprint density at radius 1 is 1.14 bits per heavy atom. The lowest BCUT2D eigenvalue weighted by Gasteiger charge is -2.44. The van der Waals surface area contributed by atoms with E-state index in [1.54, 1.807) is 0 Å². The Labute approximate surface area is 200 Å². The minimum absolute atomic E-state index is 0.0260. The van der Waals surface area contributed by atoms with Gasteiger partial charge in [-0.25, -0.2) is 4.79 Å². The van der Waals surface area contributed by atoms with Crippen molar-refractivity contribution in [3.05, 3.63) is 82.1 Å². The van der Waals surface area contributed by atoms with Crippen LogP contribution in [-0.4, -0.2) is 40.9 Å². The molecule has 2 amide bonds. The lowest BCUT2D eigenvalue weighted by molar-refractivity contribution is -0.384. The topological polar surface area (TPSA) is 144 Å². The maximum atomic E-state index is 14.1. The van der Waals surface area contributed by atoms with Gasteiger partial charge in [0.1, 0.15) is 29.2 Å². The first-order valence-corrected chi connectivity index (χ1v) is 10.4.